The molecule has 0 aromatic carbocycles. The van der Waals surface area contributed by atoms with Crippen molar-refractivity contribution in [3.05, 3.63) is 41.9 Å². The summed E-state index contributed by atoms with van der Waals surface area (Å²) < 4.78 is 1.76. The lowest BCUT2D eigenvalue weighted by atomic mass is 9.92. The molecule has 2 aromatic rings. The Kier molecular flexibility index (Phi) is 5.56. The van der Waals surface area contributed by atoms with Gasteiger partial charge in [0.05, 0.1) is 11.3 Å². The van der Waals surface area contributed by atoms with Gasteiger partial charge in [0.2, 0.25) is 5.91 Å². The molecule has 0 spiro atoms. The molecule has 0 bridgehead atoms. The van der Waals surface area contributed by atoms with E-state index in [0.29, 0.717) is 25.8 Å². The van der Waals surface area contributed by atoms with Gasteiger partial charge in [-0.2, -0.15) is 5.10 Å². The second kappa shape index (κ2) is 7.86. The van der Waals surface area contributed by atoms with Gasteiger partial charge in [0.25, 0.3) is 0 Å². The van der Waals surface area contributed by atoms with Gasteiger partial charge in [-0.05, 0) is 43.9 Å². The van der Waals surface area contributed by atoms with Crippen molar-refractivity contribution in [2.24, 2.45) is 7.05 Å². The molecule has 1 atom stereocenters. The smallest absolute Gasteiger partial charge is 0.220 e. The van der Waals surface area contributed by atoms with Crippen LogP contribution in [0.3, 0.4) is 0 Å². The van der Waals surface area contributed by atoms with Gasteiger partial charge in [0, 0.05) is 45.5 Å². The molecule has 1 fully saturated rings. The van der Waals surface area contributed by atoms with Crippen molar-refractivity contribution in [2.45, 2.75) is 38.2 Å². The van der Waals surface area contributed by atoms with Crippen LogP contribution in [0, 0.1) is 6.92 Å². The average Bonchev–Trinajstić information content (AvgIpc) is 2.96. The summed E-state index contributed by atoms with van der Waals surface area (Å²) in [5.41, 5.74) is 1.12. The number of piperidine rings is 1. The number of β-amino-alcohol motifs (C(OH)–C–C–N with tert-alkyl or cyclic N) is 1. The third kappa shape index (κ3) is 4.60. The van der Waals surface area contributed by atoms with Crippen LogP contribution < -0.4 is 10.2 Å². The van der Waals surface area contributed by atoms with E-state index in [-0.39, 0.29) is 12.5 Å². The average molecular weight is 357 g/mol. The Labute approximate surface area is 154 Å². The molecule has 26 heavy (non-hydrogen) atoms. The van der Waals surface area contributed by atoms with Gasteiger partial charge >= 0.3 is 0 Å². The van der Waals surface area contributed by atoms with E-state index in [4.69, 9.17) is 0 Å². The highest BCUT2D eigenvalue weighted by atomic mass is 16.3. The number of rotatable bonds is 6. The number of hydrogen-bond acceptors (Lipinski definition) is 5. The number of aliphatic hydroxyl groups is 1. The molecule has 7 nitrogen and oxygen atoms in total. The van der Waals surface area contributed by atoms with Crippen LogP contribution in [0.4, 0.5) is 5.82 Å². The fourth-order valence-electron chi connectivity index (χ4n) is 3.49. The molecule has 1 aliphatic rings. The quantitative estimate of drug-likeness (QED) is 0.812. The molecule has 2 N–H and O–H groups in total. The number of carbonyl (C=O) groups is 1. The van der Waals surface area contributed by atoms with E-state index >= 15 is 0 Å². The Morgan fingerprint density at radius 2 is 2.27 bits per heavy atom. The fraction of sp³-hybridized carbons (Fsp3) is 0.526. The topological polar surface area (TPSA) is 83.3 Å². The number of nitrogens with one attached hydrogen (secondary N) is 1. The van der Waals surface area contributed by atoms with Gasteiger partial charge in [-0.3, -0.25) is 9.48 Å². The molecule has 1 aliphatic heterocycles. The standard InChI is InChI=1S/C19H27N5O2/c1-15-16(12-23(2)22-15)7-8-18(25)21-13-19(26)9-5-11-24(14-19)17-6-3-4-10-20-17/h3-4,6,10,12,26H,5,7-9,11,13-14H2,1-2H3,(H,21,25)/t19-/m1/s1. The monoisotopic (exact) mass is 357 g/mol. The lowest BCUT2D eigenvalue weighted by Crippen LogP contribution is -2.54. The molecule has 0 radical (unpaired) electrons. The minimum atomic E-state index is -0.921. The zero-order chi connectivity index (χ0) is 18.6. The second-order valence-electron chi connectivity index (χ2n) is 7.13. The van der Waals surface area contributed by atoms with Gasteiger partial charge in [-0.25, -0.2) is 4.98 Å². The van der Waals surface area contributed by atoms with Gasteiger partial charge in [0.1, 0.15) is 5.82 Å². The second-order valence-corrected chi connectivity index (χ2v) is 7.13. The van der Waals surface area contributed by atoms with Gasteiger partial charge in [-0.1, -0.05) is 6.07 Å². The zero-order valence-corrected chi connectivity index (χ0v) is 15.5. The third-order valence-corrected chi connectivity index (χ3v) is 4.88. The van der Waals surface area contributed by atoms with Gasteiger partial charge in [0.15, 0.2) is 0 Å². The van der Waals surface area contributed by atoms with E-state index in [0.717, 1.165) is 30.0 Å². The molecule has 0 unspecified atom stereocenters. The first-order valence-corrected chi connectivity index (χ1v) is 9.09. The largest absolute Gasteiger partial charge is 0.386 e. The van der Waals surface area contributed by atoms with Crippen LogP contribution in [-0.4, -0.2) is 51.0 Å². The molecule has 1 amide bonds. The van der Waals surface area contributed by atoms with Crippen LogP contribution in [-0.2, 0) is 18.3 Å². The maximum Gasteiger partial charge on any atom is 0.220 e. The summed E-state index contributed by atoms with van der Waals surface area (Å²) >= 11 is 0. The van der Waals surface area contributed by atoms with Crippen LogP contribution >= 0.6 is 0 Å². The number of nitrogens with zero attached hydrogens (tertiary/aromatic N) is 4. The summed E-state index contributed by atoms with van der Waals surface area (Å²) in [4.78, 5) is 18.6. The molecule has 3 rings (SSSR count). The summed E-state index contributed by atoms with van der Waals surface area (Å²) in [6, 6.07) is 5.77. The van der Waals surface area contributed by atoms with Crippen molar-refractivity contribution in [3.63, 3.8) is 0 Å². The SMILES string of the molecule is Cc1nn(C)cc1CCC(=O)NC[C@]1(O)CCCN(c2ccccn2)C1. The maximum absolute atomic E-state index is 12.2. The van der Waals surface area contributed by atoms with Gasteiger partial charge < -0.3 is 15.3 Å². The predicted octanol–water partition coefficient (Wildman–Crippen LogP) is 1.20. The van der Waals surface area contributed by atoms with E-state index in [1.165, 1.54) is 0 Å². The minimum Gasteiger partial charge on any atom is -0.386 e. The van der Waals surface area contributed by atoms with Crippen molar-refractivity contribution in [2.75, 3.05) is 24.5 Å². The predicted molar refractivity (Wildman–Crippen MR) is 99.9 cm³/mol. The van der Waals surface area contributed by atoms with Crippen LogP contribution in [0.1, 0.15) is 30.5 Å². The van der Waals surface area contributed by atoms with Crippen molar-refractivity contribution in [1.29, 1.82) is 0 Å². The van der Waals surface area contributed by atoms with Crippen molar-refractivity contribution >= 4 is 11.7 Å². The number of anilines is 1. The van der Waals surface area contributed by atoms with Crippen LogP contribution in [0.5, 0.6) is 0 Å². The highest BCUT2D eigenvalue weighted by molar-refractivity contribution is 5.76. The van der Waals surface area contributed by atoms with Crippen LogP contribution in [0.2, 0.25) is 0 Å². The number of pyridine rings is 1. The number of carbonyl (C=O) groups excluding carboxylic acids is 1. The van der Waals surface area contributed by atoms with Crippen molar-refractivity contribution < 1.29 is 9.90 Å². The number of amides is 1. The van der Waals surface area contributed by atoms with Crippen molar-refractivity contribution in [1.82, 2.24) is 20.1 Å². The van der Waals surface area contributed by atoms with Crippen LogP contribution in [0.25, 0.3) is 0 Å². The first-order valence-electron chi connectivity index (χ1n) is 9.09. The number of aromatic nitrogens is 3. The number of aryl methyl sites for hydroxylation is 3. The number of hydrogen-bond donors (Lipinski definition) is 2. The third-order valence-electron chi connectivity index (χ3n) is 4.88. The Balaban J connectivity index is 1.49. The Bertz CT molecular complexity index is 746. The molecule has 0 aliphatic carbocycles. The molecule has 2 aromatic heterocycles. The Hall–Kier alpha value is -2.41. The Morgan fingerprint density at radius 1 is 1.42 bits per heavy atom. The van der Waals surface area contributed by atoms with Crippen molar-refractivity contribution in [3.8, 4) is 0 Å². The minimum absolute atomic E-state index is 0.0448. The molecule has 1 saturated heterocycles. The first-order chi connectivity index (χ1) is 12.5. The summed E-state index contributed by atoms with van der Waals surface area (Å²) in [6.45, 7) is 3.56. The molecular weight excluding hydrogens is 330 g/mol. The first kappa shape index (κ1) is 18.4. The summed E-state index contributed by atoms with van der Waals surface area (Å²) in [7, 11) is 1.88. The lowest BCUT2D eigenvalue weighted by molar-refractivity contribution is -0.122. The highest BCUT2D eigenvalue weighted by Gasteiger charge is 2.34. The van der Waals surface area contributed by atoms with Gasteiger partial charge in [-0.15, -0.1) is 0 Å². The molecule has 7 heteroatoms. The van der Waals surface area contributed by atoms with E-state index < -0.39 is 5.60 Å². The zero-order valence-electron chi connectivity index (χ0n) is 15.5. The summed E-state index contributed by atoms with van der Waals surface area (Å²) in [6.07, 6.45) is 6.31. The molecular formula is C19H27N5O2. The summed E-state index contributed by atoms with van der Waals surface area (Å²) in [5.74, 6) is 0.820. The highest BCUT2D eigenvalue weighted by Crippen LogP contribution is 2.24. The maximum atomic E-state index is 12.2. The van der Waals surface area contributed by atoms with E-state index in [1.807, 2.05) is 38.4 Å². The molecule has 0 saturated carbocycles. The lowest BCUT2D eigenvalue weighted by Gasteiger charge is -2.39. The Morgan fingerprint density at radius 3 is 2.96 bits per heavy atom. The summed E-state index contributed by atoms with van der Waals surface area (Å²) in [5, 5.41) is 18.1. The molecule has 140 valence electrons. The van der Waals surface area contributed by atoms with E-state index in [9.17, 15) is 9.90 Å². The van der Waals surface area contributed by atoms with E-state index in [2.05, 4.69) is 20.3 Å². The molecule has 3 heterocycles. The van der Waals surface area contributed by atoms with E-state index in [1.54, 1.807) is 10.9 Å². The normalized spacial score (nSPS) is 20.2. The fourth-order valence-corrected chi connectivity index (χ4v) is 3.49. The van der Waals surface area contributed by atoms with Crippen LogP contribution in [0.15, 0.2) is 30.6 Å².